The predicted molar refractivity (Wildman–Crippen MR) is 79.8 cm³/mol. The van der Waals surface area contributed by atoms with Gasteiger partial charge in [0.15, 0.2) is 0 Å². The summed E-state index contributed by atoms with van der Waals surface area (Å²) in [7, 11) is 0. The molecule has 0 aliphatic heterocycles. The predicted octanol–water partition coefficient (Wildman–Crippen LogP) is 3.27. The molecule has 1 aromatic carbocycles. The van der Waals surface area contributed by atoms with Gasteiger partial charge in [0, 0.05) is 18.8 Å². The molecule has 0 saturated heterocycles. The number of aliphatic carboxylic acids is 1. The van der Waals surface area contributed by atoms with Crippen LogP contribution in [0.25, 0.3) is 0 Å². The van der Waals surface area contributed by atoms with Crippen molar-refractivity contribution in [3.8, 4) is 0 Å². The molecule has 0 amide bonds. The lowest BCUT2D eigenvalue weighted by atomic mass is 10.0. The van der Waals surface area contributed by atoms with E-state index in [4.69, 9.17) is 5.11 Å². The van der Waals surface area contributed by atoms with E-state index in [1.165, 1.54) is 11.1 Å². The lowest BCUT2D eigenvalue weighted by Crippen LogP contribution is -2.33. The average Bonchev–Trinajstić information content (AvgIpc) is 2.37. The van der Waals surface area contributed by atoms with Gasteiger partial charge < -0.3 is 10.0 Å². The fraction of sp³-hybridized carbons (Fsp3) is 0.438. The average molecular weight is 261 g/mol. The highest BCUT2D eigenvalue weighted by molar-refractivity contribution is 5.71. The van der Waals surface area contributed by atoms with E-state index in [2.05, 4.69) is 37.5 Å². The van der Waals surface area contributed by atoms with E-state index in [9.17, 15) is 4.79 Å². The van der Waals surface area contributed by atoms with Gasteiger partial charge in [0.05, 0.1) is 5.92 Å². The van der Waals surface area contributed by atoms with Gasteiger partial charge in [-0.25, -0.2) is 0 Å². The molecule has 3 nitrogen and oxygen atoms in total. The molecule has 0 aromatic heterocycles. The van der Waals surface area contributed by atoms with Crippen LogP contribution in [-0.4, -0.2) is 24.2 Å². The van der Waals surface area contributed by atoms with Crippen LogP contribution in [0.15, 0.2) is 30.9 Å². The molecule has 19 heavy (non-hydrogen) atoms. The largest absolute Gasteiger partial charge is 0.481 e. The highest BCUT2D eigenvalue weighted by Crippen LogP contribution is 2.26. The van der Waals surface area contributed by atoms with Crippen molar-refractivity contribution in [3.05, 3.63) is 42.0 Å². The topological polar surface area (TPSA) is 40.5 Å². The van der Waals surface area contributed by atoms with Crippen molar-refractivity contribution in [1.82, 2.24) is 0 Å². The zero-order valence-electron chi connectivity index (χ0n) is 12.0. The molecular weight excluding hydrogens is 238 g/mol. The Morgan fingerprint density at radius 3 is 2.74 bits per heavy atom. The third kappa shape index (κ3) is 3.85. The van der Waals surface area contributed by atoms with E-state index >= 15 is 0 Å². The summed E-state index contributed by atoms with van der Waals surface area (Å²) in [5.41, 5.74) is 3.58. The van der Waals surface area contributed by atoms with Crippen molar-refractivity contribution in [3.63, 3.8) is 0 Å². The lowest BCUT2D eigenvalue weighted by Gasteiger charge is -2.29. The summed E-state index contributed by atoms with van der Waals surface area (Å²) >= 11 is 0. The van der Waals surface area contributed by atoms with Crippen LogP contribution in [0.3, 0.4) is 0 Å². The van der Waals surface area contributed by atoms with Crippen molar-refractivity contribution in [2.45, 2.75) is 27.2 Å². The van der Waals surface area contributed by atoms with Crippen molar-refractivity contribution in [1.29, 1.82) is 0 Å². The van der Waals surface area contributed by atoms with E-state index in [0.717, 1.165) is 12.1 Å². The van der Waals surface area contributed by atoms with Crippen molar-refractivity contribution < 1.29 is 9.90 Å². The van der Waals surface area contributed by atoms with E-state index in [-0.39, 0.29) is 0 Å². The quantitative estimate of drug-likeness (QED) is 0.766. The van der Waals surface area contributed by atoms with Gasteiger partial charge in [-0.3, -0.25) is 4.79 Å². The fourth-order valence-electron chi connectivity index (χ4n) is 2.28. The Kier molecular flexibility index (Phi) is 5.61. The minimum Gasteiger partial charge on any atom is -0.481 e. The number of hydrogen-bond acceptors (Lipinski definition) is 2. The number of benzene rings is 1. The summed E-state index contributed by atoms with van der Waals surface area (Å²) < 4.78 is 0. The Labute approximate surface area is 115 Å². The van der Waals surface area contributed by atoms with Gasteiger partial charge in [-0.05, 0) is 24.5 Å². The number of aryl methyl sites for hydroxylation is 2. The van der Waals surface area contributed by atoms with E-state index in [1.807, 2.05) is 12.1 Å². The summed E-state index contributed by atoms with van der Waals surface area (Å²) in [6.45, 7) is 10.9. The molecule has 1 unspecified atom stereocenters. The van der Waals surface area contributed by atoms with E-state index in [1.54, 1.807) is 6.92 Å². The van der Waals surface area contributed by atoms with E-state index in [0.29, 0.717) is 13.1 Å². The molecule has 0 saturated carbocycles. The van der Waals surface area contributed by atoms with Crippen LogP contribution in [-0.2, 0) is 11.2 Å². The Hall–Kier alpha value is -1.77. The molecule has 1 atom stereocenters. The van der Waals surface area contributed by atoms with Crippen LogP contribution < -0.4 is 4.90 Å². The highest BCUT2D eigenvalue weighted by Gasteiger charge is 2.18. The molecule has 0 radical (unpaired) electrons. The number of carboxylic acids is 1. The van der Waals surface area contributed by atoms with Gasteiger partial charge >= 0.3 is 5.97 Å². The second-order valence-electron chi connectivity index (χ2n) is 4.87. The number of carbonyl (C=O) groups is 1. The van der Waals surface area contributed by atoms with Gasteiger partial charge in [0.2, 0.25) is 0 Å². The van der Waals surface area contributed by atoms with E-state index < -0.39 is 11.9 Å². The summed E-state index contributed by atoms with van der Waals surface area (Å²) in [4.78, 5) is 13.2. The van der Waals surface area contributed by atoms with Crippen molar-refractivity contribution in [2.75, 3.05) is 18.0 Å². The number of anilines is 1. The smallest absolute Gasteiger partial charge is 0.308 e. The van der Waals surface area contributed by atoms with Crippen LogP contribution in [0.5, 0.6) is 0 Å². The number of carboxylic acid groups (broad SMARTS) is 1. The lowest BCUT2D eigenvalue weighted by molar-refractivity contribution is -0.140. The molecule has 1 rings (SSSR count). The second kappa shape index (κ2) is 6.98. The van der Waals surface area contributed by atoms with Gasteiger partial charge in [-0.15, -0.1) is 6.58 Å². The van der Waals surface area contributed by atoms with Gasteiger partial charge in [0.25, 0.3) is 0 Å². The monoisotopic (exact) mass is 261 g/mol. The van der Waals surface area contributed by atoms with Crippen LogP contribution in [0, 0.1) is 12.8 Å². The number of para-hydroxylation sites is 1. The van der Waals surface area contributed by atoms with Crippen LogP contribution >= 0.6 is 0 Å². The summed E-state index contributed by atoms with van der Waals surface area (Å²) in [5, 5.41) is 9.09. The number of hydrogen-bond donors (Lipinski definition) is 1. The molecule has 0 aliphatic rings. The molecular formula is C16H23NO2. The van der Waals surface area contributed by atoms with Gasteiger partial charge in [-0.1, -0.05) is 38.1 Å². The Bertz CT molecular complexity index is 454. The molecule has 104 valence electrons. The molecule has 0 aliphatic carbocycles. The Morgan fingerprint density at radius 2 is 2.21 bits per heavy atom. The standard InChI is InChI=1S/C16H23NO2/c1-5-10-17(11-13(4)16(18)19)15-12(3)8-7-9-14(15)6-2/h5,7-9,13H,1,6,10-11H2,2-4H3,(H,18,19). The van der Waals surface area contributed by atoms with Gasteiger partial charge in [-0.2, -0.15) is 0 Å². The molecule has 0 fully saturated rings. The van der Waals surface area contributed by atoms with Crippen LogP contribution in [0.2, 0.25) is 0 Å². The first-order chi connectivity index (χ1) is 9.01. The summed E-state index contributed by atoms with van der Waals surface area (Å²) in [5.74, 6) is -1.16. The zero-order valence-corrected chi connectivity index (χ0v) is 12.0. The molecule has 0 spiro atoms. The molecule has 0 heterocycles. The maximum Gasteiger partial charge on any atom is 0.308 e. The molecule has 3 heteroatoms. The first kappa shape index (κ1) is 15.3. The minimum absolute atomic E-state index is 0.399. The van der Waals surface area contributed by atoms with Crippen LogP contribution in [0.1, 0.15) is 25.0 Å². The highest BCUT2D eigenvalue weighted by atomic mass is 16.4. The minimum atomic E-state index is -0.763. The first-order valence-corrected chi connectivity index (χ1v) is 6.68. The summed E-state index contributed by atoms with van der Waals surface area (Å²) in [6, 6.07) is 6.21. The second-order valence-corrected chi connectivity index (χ2v) is 4.87. The number of rotatable bonds is 7. The van der Waals surface area contributed by atoms with Gasteiger partial charge in [0.1, 0.15) is 0 Å². The third-order valence-electron chi connectivity index (χ3n) is 3.28. The van der Waals surface area contributed by atoms with Crippen molar-refractivity contribution in [2.24, 2.45) is 5.92 Å². The Balaban J connectivity index is 3.11. The fourth-order valence-corrected chi connectivity index (χ4v) is 2.28. The summed E-state index contributed by atoms with van der Waals surface area (Å²) in [6.07, 6.45) is 2.76. The molecule has 1 aromatic rings. The molecule has 1 N–H and O–H groups in total. The van der Waals surface area contributed by atoms with Crippen LogP contribution in [0.4, 0.5) is 5.69 Å². The SMILES string of the molecule is C=CCN(CC(C)C(=O)O)c1c(C)cccc1CC. The number of nitrogens with zero attached hydrogens (tertiary/aromatic N) is 1. The maximum atomic E-state index is 11.1. The maximum absolute atomic E-state index is 11.1. The third-order valence-corrected chi connectivity index (χ3v) is 3.28. The Morgan fingerprint density at radius 1 is 1.53 bits per heavy atom. The first-order valence-electron chi connectivity index (χ1n) is 6.68. The normalized spacial score (nSPS) is 11.9. The molecule has 0 bridgehead atoms. The van der Waals surface area contributed by atoms with Crippen molar-refractivity contribution >= 4 is 11.7 Å². The zero-order chi connectivity index (χ0) is 14.4.